The zero-order valence-electron chi connectivity index (χ0n) is 18.2. The van der Waals surface area contributed by atoms with Crippen molar-refractivity contribution in [1.82, 2.24) is 14.8 Å². The van der Waals surface area contributed by atoms with Crippen LogP contribution in [0.1, 0.15) is 37.9 Å². The lowest BCUT2D eigenvalue weighted by molar-refractivity contribution is 0.0923. The molecular formula is C26H19N5O3. The van der Waals surface area contributed by atoms with Crippen molar-refractivity contribution in [3.05, 3.63) is 107 Å². The van der Waals surface area contributed by atoms with Crippen molar-refractivity contribution in [1.29, 1.82) is 0 Å². The van der Waals surface area contributed by atoms with Gasteiger partial charge >= 0.3 is 0 Å². The molecule has 1 aromatic heterocycles. The summed E-state index contributed by atoms with van der Waals surface area (Å²) >= 11 is 0. The number of benzene rings is 3. The van der Waals surface area contributed by atoms with E-state index >= 15 is 0 Å². The van der Waals surface area contributed by atoms with Gasteiger partial charge in [0.2, 0.25) is 5.95 Å². The number of imide groups is 1. The van der Waals surface area contributed by atoms with Crippen molar-refractivity contribution in [3.63, 3.8) is 0 Å². The number of aromatic nitrogens is 3. The standard InChI is InChI=1S/C26H19N5O3/c1-34-18-13-11-17(12-14-18)22-15-21(16-7-3-2-4-8-16)27-25-28-26(29-31(22)25)30-23(32)19-9-5-6-10-20(19)24(30)33/h2-15,22H,1H3,(H,27,28,29)/t22-/m0/s1. The summed E-state index contributed by atoms with van der Waals surface area (Å²) in [6.07, 6.45) is 2.05. The highest BCUT2D eigenvalue weighted by Gasteiger charge is 2.40. The van der Waals surface area contributed by atoms with Crippen LogP contribution in [0.25, 0.3) is 5.70 Å². The minimum Gasteiger partial charge on any atom is -0.497 e. The summed E-state index contributed by atoms with van der Waals surface area (Å²) in [4.78, 5) is 31.6. The van der Waals surface area contributed by atoms with Crippen LogP contribution in [0.2, 0.25) is 0 Å². The van der Waals surface area contributed by atoms with Crippen LogP contribution in [0.5, 0.6) is 5.75 Å². The summed E-state index contributed by atoms with van der Waals surface area (Å²) in [5, 5.41) is 7.90. The maximum atomic E-state index is 13.0. The molecule has 6 rings (SSSR count). The van der Waals surface area contributed by atoms with Crippen molar-refractivity contribution < 1.29 is 14.3 Å². The summed E-state index contributed by atoms with van der Waals surface area (Å²) in [5.74, 6) is 0.362. The summed E-state index contributed by atoms with van der Waals surface area (Å²) in [5.41, 5.74) is 3.50. The van der Waals surface area contributed by atoms with Crippen LogP contribution in [0.3, 0.4) is 0 Å². The summed E-state index contributed by atoms with van der Waals surface area (Å²) in [6.45, 7) is 0. The Morgan fingerprint density at radius 3 is 2.15 bits per heavy atom. The van der Waals surface area contributed by atoms with Gasteiger partial charge in [0.1, 0.15) is 11.8 Å². The van der Waals surface area contributed by atoms with Gasteiger partial charge in [-0.2, -0.15) is 4.98 Å². The maximum Gasteiger partial charge on any atom is 0.268 e. The van der Waals surface area contributed by atoms with Crippen LogP contribution < -0.4 is 15.0 Å². The van der Waals surface area contributed by atoms with E-state index in [4.69, 9.17) is 4.74 Å². The van der Waals surface area contributed by atoms with E-state index in [1.807, 2.05) is 60.7 Å². The van der Waals surface area contributed by atoms with E-state index in [1.54, 1.807) is 36.1 Å². The number of anilines is 2. The maximum absolute atomic E-state index is 13.0. The fourth-order valence-corrected chi connectivity index (χ4v) is 4.27. The highest BCUT2D eigenvalue weighted by molar-refractivity contribution is 6.33. The highest BCUT2D eigenvalue weighted by Crippen LogP contribution is 2.35. The number of nitrogens with one attached hydrogen (secondary N) is 1. The van der Waals surface area contributed by atoms with Crippen LogP contribution >= 0.6 is 0 Å². The Labute approximate surface area is 195 Å². The molecule has 34 heavy (non-hydrogen) atoms. The van der Waals surface area contributed by atoms with E-state index in [0.29, 0.717) is 17.1 Å². The lowest BCUT2D eigenvalue weighted by Crippen LogP contribution is -2.30. The molecule has 3 aromatic carbocycles. The quantitative estimate of drug-likeness (QED) is 0.471. The van der Waals surface area contributed by atoms with Crippen molar-refractivity contribution >= 4 is 29.4 Å². The number of fused-ring (bicyclic) bond motifs is 2. The van der Waals surface area contributed by atoms with Crippen molar-refractivity contribution in [2.75, 3.05) is 17.3 Å². The predicted molar refractivity (Wildman–Crippen MR) is 127 cm³/mol. The van der Waals surface area contributed by atoms with Gasteiger partial charge in [0, 0.05) is 5.70 Å². The molecule has 1 N–H and O–H groups in total. The zero-order valence-corrected chi connectivity index (χ0v) is 18.2. The first-order chi connectivity index (χ1) is 16.6. The average Bonchev–Trinajstić information content (AvgIpc) is 3.42. The largest absolute Gasteiger partial charge is 0.497 e. The van der Waals surface area contributed by atoms with E-state index < -0.39 is 11.8 Å². The van der Waals surface area contributed by atoms with Crippen molar-refractivity contribution in [2.45, 2.75) is 6.04 Å². The first kappa shape index (κ1) is 19.9. The summed E-state index contributed by atoms with van der Waals surface area (Å²) in [6, 6.07) is 24.0. The van der Waals surface area contributed by atoms with Gasteiger partial charge in [-0.1, -0.05) is 54.6 Å². The molecule has 0 spiro atoms. The number of methoxy groups -OCH3 is 1. The molecule has 0 aliphatic carbocycles. The van der Waals surface area contributed by atoms with Gasteiger partial charge < -0.3 is 10.1 Å². The number of amides is 2. The van der Waals surface area contributed by atoms with Crippen LogP contribution in [0.4, 0.5) is 11.9 Å². The smallest absolute Gasteiger partial charge is 0.268 e. The predicted octanol–water partition coefficient (Wildman–Crippen LogP) is 4.14. The van der Waals surface area contributed by atoms with Gasteiger partial charge in [0.25, 0.3) is 17.8 Å². The van der Waals surface area contributed by atoms with Crippen LogP contribution in [-0.2, 0) is 0 Å². The molecule has 3 heterocycles. The van der Waals surface area contributed by atoms with Crippen LogP contribution in [-0.4, -0.2) is 33.7 Å². The number of hydrogen-bond donors (Lipinski definition) is 1. The SMILES string of the molecule is COc1ccc([C@@H]2C=C(c3ccccc3)Nc3nc(N4C(=O)c5ccccc5C4=O)nn32)cc1. The molecule has 0 fully saturated rings. The Hall–Kier alpha value is -4.72. The number of hydrogen-bond acceptors (Lipinski definition) is 6. The average molecular weight is 449 g/mol. The van der Waals surface area contributed by atoms with Gasteiger partial charge in [-0.25, -0.2) is 9.58 Å². The Bertz CT molecular complexity index is 1420. The minimum atomic E-state index is -0.430. The van der Waals surface area contributed by atoms with E-state index in [0.717, 1.165) is 27.5 Å². The molecule has 0 unspecified atom stereocenters. The molecule has 0 radical (unpaired) electrons. The van der Waals surface area contributed by atoms with E-state index in [9.17, 15) is 9.59 Å². The molecule has 4 aromatic rings. The van der Waals surface area contributed by atoms with Crippen molar-refractivity contribution in [3.8, 4) is 5.75 Å². The first-order valence-corrected chi connectivity index (χ1v) is 10.8. The van der Waals surface area contributed by atoms with Gasteiger partial charge in [0.15, 0.2) is 0 Å². The Morgan fingerprint density at radius 2 is 1.50 bits per heavy atom. The van der Waals surface area contributed by atoms with E-state index in [1.165, 1.54) is 0 Å². The van der Waals surface area contributed by atoms with Crippen LogP contribution in [0, 0.1) is 0 Å². The zero-order chi connectivity index (χ0) is 23.2. The van der Waals surface area contributed by atoms with Crippen LogP contribution in [0.15, 0.2) is 84.9 Å². The Morgan fingerprint density at radius 1 is 0.853 bits per heavy atom. The number of carbonyl (C=O) groups excluding carboxylic acids is 2. The van der Waals surface area contributed by atoms with Gasteiger partial charge in [0.05, 0.1) is 18.2 Å². The fourth-order valence-electron chi connectivity index (χ4n) is 4.27. The van der Waals surface area contributed by atoms with E-state index in [-0.39, 0.29) is 12.0 Å². The molecule has 0 saturated carbocycles. The molecule has 0 saturated heterocycles. The molecule has 0 bridgehead atoms. The molecule has 166 valence electrons. The van der Waals surface area contributed by atoms with Crippen molar-refractivity contribution in [2.24, 2.45) is 0 Å². The third-order valence-corrected chi connectivity index (χ3v) is 5.99. The monoisotopic (exact) mass is 449 g/mol. The molecule has 2 aliphatic heterocycles. The molecule has 2 aliphatic rings. The first-order valence-electron chi connectivity index (χ1n) is 10.8. The molecule has 1 atom stereocenters. The van der Waals surface area contributed by atoms with Gasteiger partial charge in [-0.15, -0.1) is 5.10 Å². The second kappa shape index (κ2) is 7.70. The number of carbonyl (C=O) groups is 2. The normalized spacial score (nSPS) is 16.6. The second-order valence-corrected chi connectivity index (χ2v) is 7.96. The fraction of sp³-hybridized carbons (Fsp3) is 0.0769. The molecule has 2 amide bonds. The molecular weight excluding hydrogens is 430 g/mol. The number of ether oxygens (including phenoxy) is 1. The third kappa shape index (κ3) is 3.07. The third-order valence-electron chi connectivity index (χ3n) is 5.99. The number of nitrogens with zero attached hydrogens (tertiary/aromatic N) is 4. The highest BCUT2D eigenvalue weighted by atomic mass is 16.5. The Balaban J connectivity index is 1.45. The lowest BCUT2D eigenvalue weighted by atomic mass is 10.0. The molecule has 8 heteroatoms. The van der Waals surface area contributed by atoms with Gasteiger partial charge in [-0.05, 0) is 41.5 Å². The minimum absolute atomic E-state index is 0.0370. The second-order valence-electron chi connectivity index (χ2n) is 7.96. The van der Waals surface area contributed by atoms with Gasteiger partial charge in [-0.3, -0.25) is 9.59 Å². The Kier molecular flexibility index (Phi) is 4.51. The number of rotatable bonds is 4. The summed E-state index contributed by atoms with van der Waals surface area (Å²) in [7, 11) is 1.62. The topological polar surface area (TPSA) is 89.3 Å². The summed E-state index contributed by atoms with van der Waals surface area (Å²) < 4.78 is 6.99. The van der Waals surface area contributed by atoms with E-state index in [2.05, 4.69) is 15.4 Å². The molecule has 8 nitrogen and oxygen atoms in total. The lowest BCUT2D eigenvalue weighted by Gasteiger charge is -2.24. The number of allylic oxidation sites excluding steroid dienone is 1.